The maximum atomic E-state index is 14.1. The highest BCUT2D eigenvalue weighted by Crippen LogP contribution is 2.24. The lowest BCUT2D eigenvalue weighted by molar-refractivity contribution is -0.114. The van der Waals surface area contributed by atoms with E-state index in [2.05, 4.69) is 16.5 Å². The fourth-order valence-corrected chi connectivity index (χ4v) is 2.23. The summed E-state index contributed by atoms with van der Waals surface area (Å²) < 4.78 is 14.1. The van der Waals surface area contributed by atoms with Crippen LogP contribution in [0.3, 0.4) is 0 Å². The van der Waals surface area contributed by atoms with Gasteiger partial charge in [-0.15, -0.1) is 0 Å². The molecule has 0 aliphatic carbocycles. The summed E-state index contributed by atoms with van der Waals surface area (Å²) in [5, 5.41) is 0.971. The number of carbonyl (C=O) groups excluding carboxylic acids is 1. The second-order valence-electron chi connectivity index (χ2n) is 4.79. The van der Waals surface area contributed by atoms with Gasteiger partial charge in [-0.3, -0.25) is 4.79 Å². The van der Waals surface area contributed by atoms with E-state index in [4.69, 9.17) is 0 Å². The predicted molar refractivity (Wildman–Crippen MR) is 80.4 cm³/mol. The van der Waals surface area contributed by atoms with Crippen molar-refractivity contribution in [3.05, 3.63) is 66.8 Å². The van der Waals surface area contributed by atoms with Crippen molar-refractivity contribution < 1.29 is 9.18 Å². The van der Waals surface area contributed by atoms with Gasteiger partial charge in [0.1, 0.15) is 11.5 Å². The van der Waals surface area contributed by atoms with Crippen molar-refractivity contribution in [3.63, 3.8) is 0 Å². The van der Waals surface area contributed by atoms with E-state index in [1.54, 1.807) is 18.3 Å². The Hall–Kier alpha value is -2.75. The Balaban J connectivity index is 1.97. The van der Waals surface area contributed by atoms with Crippen molar-refractivity contribution in [1.29, 1.82) is 0 Å². The van der Waals surface area contributed by atoms with Gasteiger partial charge in [0.2, 0.25) is 0 Å². The Morgan fingerprint density at radius 3 is 2.90 bits per heavy atom. The number of hydrogen-bond donors (Lipinski definition) is 1. The third-order valence-corrected chi connectivity index (χ3v) is 3.38. The fraction of sp³-hybridized carbons (Fsp3) is 0.0588. The second-order valence-corrected chi connectivity index (χ2v) is 4.79. The number of aromatic nitrogens is 2. The predicted octanol–water partition coefficient (Wildman–Crippen LogP) is 3.67. The molecular formula is C17H13FN2O. The molecule has 0 amide bonds. The van der Waals surface area contributed by atoms with Crippen LogP contribution in [0.15, 0.2) is 55.4 Å². The van der Waals surface area contributed by atoms with Crippen molar-refractivity contribution in [1.82, 2.24) is 9.97 Å². The maximum absolute atomic E-state index is 14.1. The number of benzene rings is 1. The summed E-state index contributed by atoms with van der Waals surface area (Å²) in [7, 11) is 0. The van der Waals surface area contributed by atoms with Crippen molar-refractivity contribution in [2.24, 2.45) is 0 Å². The largest absolute Gasteiger partial charge is 0.346 e. The average molecular weight is 280 g/mol. The van der Waals surface area contributed by atoms with Crippen LogP contribution >= 0.6 is 0 Å². The number of carbonyl (C=O) groups is 1. The molecule has 2 aromatic heterocycles. The molecule has 0 bridgehead atoms. The van der Waals surface area contributed by atoms with Crippen molar-refractivity contribution in [2.45, 2.75) is 6.42 Å². The highest BCUT2D eigenvalue weighted by molar-refractivity contribution is 5.91. The zero-order chi connectivity index (χ0) is 14.8. The van der Waals surface area contributed by atoms with Crippen LogP contribution in [0.5, 0.6) is 0 Å². The van der Waals surface area contributed by atoms with Gasteiger partial charge >= 0.3 is 0 Å². The van der Waals surface area contributed by atoms with Crippen molar-refractivity contribution in [2.75, 3.05) is 0 Å². The minimum Gasteiger partial charge on any atom is -0.346 e. The number of allylic oxidation sites excluding steroid dienone is 1. The van der Waals surface area contributed by atoms with Crippen LogP contribution in [0, 0.1) is 5.82 Å². The summed E-state index contributed by atoms with van der Waals surface area (Å²) in [6.07, 6.45) is 4.75. The summed E-state index contributed by atoms with van der Waals surface area (Å²) in [5.41, 5.74) is 2.74. The average Bonchev–Trinajstić information content (AvgIpc) is 2.96. The molecule has 0 radical (unpaired) electrons. The highest BCUT2D eigenvalue weighted by Gasteiger charge is 2.09. The Morgan fingerprint density at radius 1 is 1.29 bits per heavy atom. The van der Waals surface area contributed by atoms with E-state index in [1.165, 1.54) is 12.1 Å². The number of hydrogen-bond acceptors (Lipinski definition) is 2. The third kappa shape index (κ3) is 2.60. The van der Waals surface area contributed by atoms with Gasteiger partial charge in [-0.05, 0) is 35.4 Å². The second kappa shape index (κ2) is 5.32. The van der Waals surface area contributed by atoms with Crippen LogP contribution in [0.2, 0.25) is 0 Å². The molecule has 0 aliphatic rings. The molecule has 4 heteroatoms. The van der Waals surface area contributed by atoms with Crippen LogP contribution in [0.25, 0.3) is 22.2 Å². The zero-order valence-corrected chi connectivity index (χ0v) is 11.3. The topological polar surface area (TPSA) is 45.8 Å². The van der Waals surface area contributed by atoms with Crippen LogP contribution in [0.1, 0.15) is 5.56 Å². The summed E-state index contributed by atoms with van der Waals surface area (Å²) >= 11 is 0. The summed E-state index contributed by atoms with van der Waals surface area (Å²) in [6, 6.07) is 8.72. The van der Waals surface area contributed by atoms with Gasteiger partial charge in [0.05, 0.1) is 0 Å². The molecule has 3 aromatic rings. The fourth-order valence-electron chi connectivity index (χ4n) is 2.23. The van der Waals surface area contributed by atoms with Gasteiger partial charge in [0.15, 0.2) is 5.78 Å². The van der Waals surface area contributed by atoms with Gasteiger partial charge in [-0.1, -0.05) is 18.7 Å². The standard InChI is InChI=1S/C17H13FN2O/c1-2-15(21)8-12-4-3-11(9-16(12)18)14-7-13-5-6-19-17(13)20-10-14/h2-7,9-10H,1,8H2,(H,19,20). The molecular weight excluding hydrogens is 267 g/mol. The Bertz CT molecular complexity index is 836. The number of nitrogens with zero attached hydrogens (tertiary/aromatic N) is 1. The first-order chi connectivity index (χ1) is 10.2. The Kier molecular flexibility index (Phi) is 3.36. The number of pyridine rings is 1. The van der Waals surface area contributed by atoms with Crippen LogP contribution in [0.4, 0.5) is 4.39 Å². The molecule has 0 saturated heterocycles. The third-order valence-electron chi connectivity index (χ3n) is 3.38. The minimum atomic E-state index is -0.392. The molecule has 1 aromatic carbocycles. The molecule has 0 spiro atoms. The van der Waals surface area contributed by atoms with E-state index in [9.17, 15) is 9.18 Å². The first kappa shape index (κ1) is 13.2. The molecule has 21 heavy (non-hydrogen) atoms. The molecule has 0 aliphatic heterocycles. The van der Waals surface area contributed by atoms with E-state index < -0.39 is 5.82 Å². The number of aromatic amines is 1. The molecule has 3 nitrogen and oxygen atoms in total. The van der Waals surface area contributed by atoms with E-state index in [0.717, 1.165) is 22.2 Å². The molecule has 1 N–H and O–H groups in total. The molecule has 3 rings (SSSR count). The smallest absolute Gasteiger partial charge is 0.159 e. The monoisotopic (exact) mass is 280 g/mol. The molecule has 0 fully saturated rings. The number of ketones is 1. The number of nitrogens with one attached hydrogen (secondary N) is 1. The first-order valence-corrected chi connectivity index (χ1v) is 6.54. The van der Waals surface area contributed by atoms with Crippen molar-refractivity contribution >= 4 is 16.8 Å². The van der Waals surface area contributed by atoms with E-state index in [0.29, 0.717) is 5.56 Å². The lowest BCUT2D eigenvalue weighted by Crippen LogP contribution is -2.00. The van der Waals surface area contributed by atoms with Gasteiger partial charge in [0.25, 0.3) is 0 Å². The van der Waals surface area contributed by atoms with Crippen LogP contribution < -0.4 is 0 Å². The molecule has 0 saturated carbocycles. The zero-order valence-electron chi connectivity index (χ0n) is 11.3. The lowest BCUT2D eigenvalue weighted by atomic mass is 10.0. The van der Waals surface area contributed by atoms with Crippen LogP contribution in [-0.2, 0) is 11.2 Å². The number of H-pyrrole nitrogens is 1. The normalized spacial score (nSPS) is 10.7. The lowest BCUT2D eigenvalue weighted by Gasteiger charge is -2.05. The minimum absolute atomic E-state index is 0.0324. The van der Waals surface area contributed by atoms with Crippen molar-refractivity contribution in [3.8, 4) is 11.1 Å². The number of halogens is 1. The Morgan fingerprint density at radius 2 is 2.14 bits per heavy atom. The van der Waals surface area contributed by atoms with Gasteiger partial charge in [-0.2, -0.15) is 0 Å². The SMILES string of the molecule is C=CC(=O)Cc1ccc(-c2cnc3[nH]ccc3c2)cc1F. The van der Waals surface area contributed by atoms with Crippen LogP contribution in [-0.4, -0.2) is 15.8 Å². The summed E-state index contributed by atoms with van der Waals surface area (Å²) in [6.45, 7) is 3.39. The summed E-state index contributed by atoms with van der Waals surface area (Å²) in [4.78, 5) is 18.6. The molecule has 2 heterocycles. The Labute approximate surface area is 121 Å². The van der Waals surface area contributed by atoms with Gasteiger partial charge < -0.3 is 4.98 Å². The quantitative estimate of drug-likeness (QED) is 0.741. The van der Waals surface area contributed by atoms with E-state index in [1.807, 2.05) is 18.3 Å². The van der Waals surface area contributed by atoms with Gasteiger partial charge in [0, 0.05) is 29.8 Å². The maximum Gasteiger partial charge on any atom is 0.159 e. The highest BCUT2D eigenvalue weighted by atomic mass is 19.1. The number of fused-ring (bicyclic) bond motifs is 1. The van der Waals surface area contributed by atoms with E-state index in [-0.39, 0.29) is 12.2 Å². The van der Waals surface area contributed by atoms with E-state index >= 15 is 0 Å². The van der Waals surface area contributed by atoms with Gasteiger partial charge in [-0.25, -0.2) is 9.37 Å². The molecule has 0 unspecified atom stereocenters. The number of rotatable bonds is 4. The molecule has 0 atom stereocenters. The molecule has 104 valence electrons. The first-order valence-electron chi connectivity index (χ1n) is 6.54. The summed E-state index contributed by atoms with van der Waals surface area (Å²) in [5.74, 6) is -0.589.